The van der Waals surface area contributed by atoms with Gasteiger partial charge < -0.3 is 20.1 Å². The zero-order valence-corrected chi connectivity index (χ0v) is 19.5. The zero-order valence-electron chi connectivity index (χ0n) is 16.3. The van der Waals surface area contributed by atoms with E-state index in [0.29, 0.717) is 25.4 Å². The van der Waals surface area contributed by atoms with Crippen molar-refractivity contribution in [3.05, 3.63) is 55.6 Å². The molecule has 4 rings (SSSR count). The number of hydrogen-bond acceptors (Lipinski definition) is 4. The van der Waals surface area contributed by atoms with Crippen molar-refractivity contribution in [3.63, 3.8) is 0 Å². The molecule has 0 bridgehead atoms. The van der Waals surface area contributed by atoms with E-state index >= 15 is 0 Å². The van der Waals surface area contributed by atoms with E-state index in [4.69, 9.17) is 4.74 Å². The van der Waals surface area contributed by atoms with Crippen LogP contribution in [0.2, 0.25) is 0 Å². The topological polar surface area (TPSA) is 61.8 Å². The zero-order chi connectivity index (χ0) is 20.5. The summed E-state index contributed by atoms with van der Waals surface area (Å²) in [5.41, 5.74) is 6.32. The summed E-state index contributed by atoms with van der Waals surface area (Å²) in [6.07, 6.45) is 5.19. The number of phenols is 1. The van der Waals surface area contributed by atoms with Crippen molar-refractivity contribution < 1.29 is 14.6 Å². The quantitative estimate of drug-likeness (QED) is 0.531. The molecule has 1 aliphatic carbocycles. The summed E-state index contributed by atoms with van der Waals surface area (Å²) in [5.74, 6) is 0.301. The summed E-state index contributed by atoms with van der Waals surface area (Å²) in [6, 6.07) is 5.78. The standard InChI is InChI=1S/C22H24Br2N2O3/c1-2-29-22(28)26-9-7-13(8-10-26)19-16-6-4-15(27)11-14(16)3-5-17-20(24)18(23)12-25-21(17)19/h4,6,11-12,21,25,27H,2-3,5,7-10H2,1H3. The van der Waals surface area contributed by atoms with Crippen LogP contribution in [0.15, 0.2) is 44.5 Å². The van der Waals surface area contributed by atoms with E-state index in [2.05, 4.69) is 37.2 Å². The summed E-state index contributed by atoms with van der Waals surface area (Å²) in [5, 5.41) is 13.6. The van der Waals surface area contributed by atoms with Crippen LogP contribution in [0.5, 0.6) is 5.75 Å². The van der Waals surface area contributed by atoms with Gasteiger partial charge in [-0.1, -0.05) is 11.6 Å². The number of amides is 1. The number of nitrogens with zero attached hydrogens (tertiary/aromatic N) is 1. The van der Waals surface area contributed by atoms with Gasteiger partial charge in [0.2, 0.25) is 0 Å². The Balaban J connectivity index is 1.75. The largest absolute Gasteiger partial charge is 0.508 e. The Kier molecular flexibility index (Phi) is 6.06. The third-order valence-corrected chi connectivity index (χ3v) is 7.92. The van der Waals surface area contributed by atoms with Gasteiger partial charge in [-0.25, -0.2) is 4.79 Å². The highest BCUT2D eigenvalue weighted by atomic mass is 79.9. The third kappa shape index (κ3) is 3.99. The number of phenolic OH excluding ortho intramolecular Hbond substituents is 1. The minimum absolute atomic E-state index is 0.0839. The van der Waals surface area contributed by atoms with Crippen LogP contribution in [0, 0.1) is 0 Å². The van der Waals surface area contributed by atoms with Crippen molar-refractivity contribution in [2.75, 3.05) is 19.7 Å². The lowest BCUT2D eigenvalue weighted by Crippen LogP contribution is -2.38. The summed E-state index contributed by atoms with van der Waals surface area (Å²) < 4.78 is 7.28. The van der Waals surface area contributed by atoms with Crippen molar-refractivity contribution in [2.24, 2.45) is 0 Å². The number of aromatic hydroxyl groups is 1. The maximum atomic E-state index is 12.1. The van der Waals surface area contributed by atoms with E-state index in [1.165, 1.54) is 27.8 Å². The molecule has 0 radical (unpaired) electrons. The fourth-order valence-electron chi connectivity index (χ4n) is 4.42. The van der Waals surface area contributed by atoms with E-state index < -0.39 is 0 Å². The molecule has 1 atom stereocenters. The molecule has 2 N–H and O–H groups in total. The number of likely N-dealkylation sites (tertiary alicyclic amines) is 1. The highest BCUT2D eigenvalue weighted by Gasteiger charge is 2.33. The summed E-state index contributed by atoms with van der Waals surface area (Å²) in [6.45, 7) is 3.56. The van der Waals surface area contributed by atoms with E-state index in [1.807, 2.05) is 25.3 Å². The van der Waals surface area contributed by atoms with Crippen molar-refractivity contribution in [3.8, 4) is 5.75 Å². The SMILES string of the molecule is CCOC(=O)N1CCC(=C2c3ccc(O)cc3CCC3=C(Br)C(Br)=CNC32)CC1. The predicted octanol–water partition coefficient (Wildman–Crippen LogP) is 5.20. The fourth-order valence-corrected chi connectivity index (χ4v) is 5.35. The van der Waals surface area contributed by atoms with Gasteiger partial charge in [0.05, 0.1) is 12.6 Å². The molecule has 1 fully saturated rings. The Hall–Kier alpha value is -1.73. The molecule has 2 aliphatic heterocycles. The van der Waals surface area contributed by atoms with Gasteiger partial charge in [-0.2, -0.15) is 0 Å². The number of dihydropyridines is 1. The van der Waals surface area contributed by atoms with Crippen LogP contribution in [-0.2, 0) is 11.2 Å². The molecule has 1 unspecified atom stereocenters. The molecule has 1 amide bonds. The Bertz CT molecular complexity index is 926. The van der Waals surface area contributed by atoms with Gasteiger partial charge in [0, 0.05) is 28.3 Å². The number of fused-ring (bicyclic) bond motifs is 2. The highest BCUT2D eigenvalue weighted by Crippen LogP contribution is 2.44. The molecule has 1 aromatic carbocycles. The molecule has 7 heteroatoms. The molecule has 0 spiro atoms. The number of rotatable bonds is 1. The van der Waals surface area contributed by atoms with Crippen molar-refractivity contribution in [2.45, 2.75) is 38.6 Å². The smallest absolute Gasteiger partial charge is 0.409 e. The molecule has 0 aromatic heterocycles. The van der Waals surface area contributed by atoms with Crippen molar-refractivity contribution in [1.82, 2.24) is 10.2 Å². The Labute approximate surface area is 187 Å². The molecule has 5 nitrogen and oxygen atoms in total. The molecular weight excluding hydrogens is 500 g/mol. The van der Waals surface area contributed by atoms with Crippen molar-refractivity contribution in [1.29, 1.82) is 0 Å². The van der Waals surface area contributed by atoms with Crippen molar-refractivity contribution >= 4 is 43.5 Å². The number of aryl methyl sites for hydroxylation is 1. The van der Waals surface area contributed by atoms with Crippen LogP contribution >= 0.6 is 31.9 Å². The first kappa shape index (κ1) is 20.5. The Morgan fingerprint density at radius 1 is 1.24 bits per heavy atom. The maximum Gasteiger partial charge on any atom is 0.409 e. The first-order valence-electron chi connectivity index (χ1n) is 9.96. The Morgan fingerprint density at radius 2 is 2.00 bits per heavy atom. The molecular formula is C22H24Br2N2O3. The average Bonchev–Trinajstić information content (AvgIpc) is 2.88. The summed E-state index contributed by atoms with van der Waals surface area (Å²) in [7, 11) is 0. The molecule has 29 heavy (non-hydrogen) atoms. The Morgan fingerprint density at radius 3 is 2.72 bits per heavy atom. The van der Waals surface area contributed by atoms with Gasteiger partial charge in [0.15, 0.2) is 0 Å². The summed E-state index contributed by atoms with van der Waals surface area (Å²) >= 11 is 7.39. The van der Waals surface area contributed by atoms with Crippen LogP contribution < -0.4 is 5.32 Å². The van der Waals surface area contributed by atoms with E-state index in [-0.39, 0.29) is 12.1 Å². The number of nitrogens with one attached hydrogen (secondary N) is 1. The molecule has 3 aliphatic rings. The van der Waals surface area contributed by atoms with Crippen LogP contribution in [0.25, 0.3) is 5.57 Å². The molecule has 2 heterocycles. The lowest BCUT2D eigenvalue weighted by atomic mass is 9.85. The first-order chi connectivity index (χ1) is 14.0. The number of ether oxygens (including phenoxy) is 1. The number of piperidine rings is 1. The lowest BCUT2D eigenvalue weighted by molar-refractivity contribution is 0.104. The second-order valence-electron chi connectivity index (χ2n) is 7.48. The summed E-state index contributed by atoms with van der Waals surface area (Å²) in [4.78, 5) is 13.9. The van der Waals surface area contributed by atoms with Gasteiger partial charge >= 0.3 is 6.09 Å². The number of halogens is 2. The molecule has 1 saturated heterocycles. The lowest BCUT2D eigenvalue weighted by Gasteiger charge is -2.33. The number of allylic oxidation sites excluding steroid dienone is 2. The minimum atomic E-state index is -0.228. The predicted molar refractivity (Wildman–Crippen MR) is 121 cm³/mol. The molecule has 154 valence electrons. The monoisotopic (exact) mass is 522 g/mol. The highest BCUT2D eigenvalue weighted by molar-refractivity contribution is 9.15. The van der Waals surface area contributed by atoms with Crippen LogP contribution in [0.4, 0.5) is 4.79 Å². The van der Waals surface area contributed by atoms with Crippen LogP contribution in [-0.4, -0.2) is 41.8 Å². The normalized spacial score (nSPS) is 21.7. The van der Waals surface area contributed by atoms with E-state index in [9.17, 15) is 9.90 Å². The minimum Gasteiger partial charge on any atom is -0.508 e. The number of carbonyl (C=O) groups is 1. The van der Waals surface area contributed by atoms with Gasteiger partial charge in [0.1, 0.15) is 5.75 Å². The van der Waals surface area contributed by atoms with Crippen LogP contribution in [0.3, 0.4) is 0 Å². The fraction of sp³-hybridized carbons (Fsp3) is 0.409. The average molecular weight is 524 g/mol. The number of hydrogen-bond donors (Lipinski definition) is 2. The van der Waals surface area contributed by atoms with Gasteiger partial charge in [-0.05, 0) is 98.9 Å². The first-order valence-corrected chi connectivity index (χ1v) is 11.5. The van der Waals surface area contributed by atoms with Crippen LogP contribution in [0.1, 0.15) is 37.3 Å². The van der Waals surface area contributed by atoms with Gasteiger partial charge in [0.25, 0.3) is 0 Å². The molecule has 1 aromatic rings. The maximum absolute atomic E-state index is 12.1. The van der Waals surface area contributed by atoms with Gasteiger partial charge in [-0.3, -0.25) is 0 Å². The second-order valence-corrected chi connectivity index (χ2v) is 9.12. The molecule has 0 saturated carbocycles. The third-order valence-electron chi connectivity index (χ3n) is 5.82. The van der Waals surface area contributed by atoms with E-state index in [0.717, 1.165) is 34.6 Å². The van der Waals surface area contributed by atoms with Gasteiger partial charge in [-0.15, -0.1) is 0 Å². The number of benzene rings is 1. The second kappa shape index (κ2) is 8.56. The number of carbonyl (C=O) groups excluding carboxylic acids is 1. The van der Waals surface area contributed by atoms with E-state index in [1.54, 1.807) is 11.0 Å².